The number of aromatic nitrogens is 2. The van der Waals surface area contributed by atoms with Gasteiger partial charge in [-0.1, -0.05) is 0 Å². The number of nitrogens with zero attached hydrogens (tertiary/aromatic N) is 3. The van der Waals surface area contributed by atoms with Gasteiger partial charge in [0.25, 0.3) is 0 Å². The van der Waals surface area contributed by atoms with Crippen molar-refractivity contribution in [2.45, 2.75) is 38.5 Å². The third-order valence-electron chi connectivity index (χ3n) is 3.34. The number of likely N-dealkylation sites (N-methyl/N-ethyl adjacent to an activating group) is 1. The summed E-state index contributed by atoms with van der Waals surface area (Å²) in [5.74, 6) is 0. The van der Waals surface area contributed by atoms with Crippen LogP contribution >= 0.6 is 0 Å². The van der Waals surface area contributed by atoms with Gasteiger partial charge in [0.15, 0.2) is 0 Å². The molecule has 0 radical (unpaired) electrons. The molecular weight excluding hydrogens is 230 g/mol. The van der Waals surface area contributed by atoms with Crippen LogP contribution in [0.3, 0.4) is 0 Å². The standard InChI is InChI=1S/C13H23N3O2/c1-10(2)16-5-4-11(14-16)8-12(17)13-9-15(3)6-7-18-13/h4-5,10,12-13,17H,6-9H2,1-3H3. The normalized spacial score (nSPS) is 23.5. The minimum Gasteiger partial charge on any atom is -0.390 e. The van der Waals surface area contributed by atoms with E-state index in [1.165, 1.54) is 0 Å². The van der Waals surface area contributed by atoms with Crippen LogP contribution in [-0.2, 0) is 11.2 Å². The summed E-state index contributed by atoms with van der Waals surface area (Å²) in [6.45, 7) is 6.59. The second-order valence-corrected chi connectivity index (χ2v) is 5.32. The molecule has 0 amide bonds. The van der Waals surface area contributed by atoms with Crippen LogP contribution in [0.4, 0.5) is 0 Å². The fraction of sp³-hybridized carbons (Fsp3) is 0.769. The van der Waals surface area contributed by atoms with Gasteiger partial charge in [-0.3, -0.25) is 4.68 Å². The maximum Gasteiger partial charge on any atom is 0.0964 e. The van der Waals surface area contributed by atoms with Crippen molar-refractivity contribution in [1.29, 1.82) is 0 Å². The minimum absolute atomic E-state index is 0.104. The fourth-order valence-electron chi connectivity index (χ4n) is 2.16. The van der Waals surface area contributed by atoms with E-state index in [9.17, 15) is 5.11 Å². The smallest absolute Gasteiger partial charge is 0.0964 e. The average Bonchev–Trinajstić information content (AvgIpc) is 2.77. The van der Waals surface area contributed by atoms with Gasteiger partial charge in [0.05, 0.1) is 24.5 Å². The van der Waals surface area contributed by atoms with Gasteiger partial charge in [0.2, 0.25) is 0 Å². The van der Waals surface area contributed by atoms with Gasteiger partial charge < -0.3 is 14.7 Å². The van der Waals surface area contributed by atoms with Crippen LogP contribution in [-0.4, -0.2) is 58.7 Å². The second-order valence-electron chi connectivity index (χ2n) is 5.32. The molecule has 1 aromatic rings. The Morgan fingerprint density at radius 2 is 2.33 bits per heavy atom. The number of hydrogen-bond donors (Lipinski definition) is 1. The third-order valence-corrected chi connectivity index (χ3v) is 3.34. The van der Waals surface area contributed by atoms with Gasteiger partial charge >= 0.3 is 0 Å². The zero-order valence-corrected chi connectivity index (χ0v) is 11.4. The fourth-order valence-corrected chi connectivity index (χ4v) is 2.16. The molecule has 1 saturated heterocycles. The van der Waals surface area contributed by atoms with Crippen molar-refractivity contribution in [3.05, 3.63) is 18.0 Å². The highest BCUT2D eigenvalue weighted by Gasteiger charge is 2.25. The first kappa shape index (κ1) is 13.5. The maximum absolute atomic E-state index is 10.2. The monoisotopic (exact) mass is 253 g/mol. The molecule has 1 aromatic heterocycles. The largest absolute Gasteiger partial charge is 0.390 e. The Balaban J connectivity index is 1.91. The lowest BCUT2D eigenvalue weighted by atomic mass is 10.1. The lowest BCUT2D eigenvalue weighted by molar-refractivity contribution is -0.0826. The van der Waals surface area contributed by atoms with E-state index in [1.807, 2.05) is 16.9 Å². The predicted molar refractivity (Wildman–Crippen MR) is 69.6 cm³/mol. The first-order valence-corrected chi connectivity index (χ1v) is 6.58. The first-order chi connectivity index (χ1) is 8.56. The highest BCUT2D eigenvalue weighted by Crippen LogP contribution is 2.12. The van der Waals surface area contributed by atoms with Crippen LogP contribution in [0.2, 0.25) is 0 Å². The van der Waals surface area contributed by atoms with Crippen molar-refractivity contribution in [1.82, 2.24) is 14.7 Å². The summed E-state index contributed by atoms with van der Waals surface area (Å²) >= 11 is 0. The van der Waals surface area contributed by atoms with E-state index in [0.717, 1.165) is 18.8 Å². The molecule has 0 bridgehead atoms. The molecule has 1 N–H and O–H groups in total. The van der Waals surface area contributed by atoms with Crippen LogP contribution in [0.5, 0.6) is 0 Å². The Bertz CT molecular complexity index is 378. The topological polar surface area (TPSA) is 50.5 Å². The molecule has 5 nitrogen and oxygen atoms in total. The molecule has 0 spiro atoms. The number of aliphatic hydroxyl groups excluding tert-OH is 1. The van der Waals surface area contributed by atoms with Gasteiger partial charge in [0.1, 0.15) is 0 Å². The highest BCUT2D eigenvalue weighted by molar-refractivity contribution is 5.02. The number of rotatable bonds is 4. The lowest BCUT2D eigenvalue weighted by Gasteiger charge is -2.32. The molecule has 0 saturated carbocycles. The quantitative estimate of drug-likeness (QED) is 0.858. The van der Waals surface area contributed by atoms with E-state index in [1.54, 1.807) is 0 Å². The molecule has 2 atom stereocenters. The van der Waals surface area contributed by atoms with E-state index < -0.39 is 6.10 Å². The Kier molecular flexibility index (Phi) is 4.37. The van der Waals surface area contributed by atoms with Gasteiger partial charge in [0, 0.05) is 31.7 Å². The predicted octanol–water partition coefficient (Wildman–Crippen LogP) is 0.698. The maximum atomic E-state index is 10.2. The van der Waals surface area contributed by atoms with Crippen molar-refractivity contribution in [2.75, 3.05) is 26.7 Å². The number of ether oxygens (including phenoxy) is 1. The van der Waals surface area contributed by atoms with Crippen LogP contribution in [0.15, 0.2) is 12.3 Å². The third kappa shape index (κ3) is 3.31. The number of aliphatic hydroxyl groups is 1. The van der Waals surface area contributed by atoms with Gasteiger partial charge in [-0.25, -0.2) is 0 Å². The van der Waals surface area contributed by atoms with Gasteiger partial charge in [-0.15, -0.1) is 0 Å². The summed E-state index contributed by atoms with van der Waals surface area (Å²) in [7, 11) is 2.05. The lowest BCUT2D eigenvalue weighted by Crippen LogP contribution is -2.46. The number of hydrogen-bond acceptors (Lipinski definition) is 4. The molecule has 18 heavy (non-hydrogen) atoms. The van der Waals surface area contributed by atoms with E-state index in [4.69, 9.17) is 4.74 Å². The minimum atomic E-state index is -0.483. The molecular formula is C13H23N3O2. The van der Waals surface area contributed by atoms with Crippen LogP contribution < -0.4 is 0 Å². The zero-order valence-electron chi connectivity index (χ0n) is 11.4. The molecule has 5 heteroatoms. The van der Waals surface area contributed by atoms with Crippen molar-refractivity contribution in [2.24, 2.45) is 0 Å². The number of morpholine rings is 1. The molecule has 2 unspecified atom stereocenters. The summed E-state index contributed by atoms with van der Waals surface area (Å²) in [6.07, 6.45) is 1.93. The van der Waals surface area contributed by atoms with E-state index >= 15 is 0 Å². The molecule has 2 heterocycles. The summed E-state index contributed by atoms with van der Waals surface area (Å²) in [5.41, 5.74) is 0.924. The second kappa shape index (κ2) is 5.82. The van der Waals surface area contributed by atoms with E-state index in [2.05, 4.69) is 30.9 Å². The molecule has 1 aliphatic heterocycles. The molecule has 0 aromatic carbocycles. The Morgan fingerprint density at radius 1 is 1.56 bits per heavy atom. The van der Waals surface area contributed by atoms with Crippen LogP contribution in [0.25, 0.3) is 0 Å². The zero-order chi connectivity index (χ0) is 13.1. The van der Waals surface area contributed by atoms with Crippen molar-refractivity contribution < 1.29 is 9.84 Å². The van der Waals surface area contributed by atoms with Gasteiger partial charge in [-0.05, 0) is 27.0 Å². The summed E-state index contributed by atoms with van der Waals surface area (Å²) in [5, 5.41) is 14.6. The van der Waals surface area contributed by atoms with Crippen LogP contribution in [0, 0.1) is 0 Å². The SMILES string of the molecule is CC(C)n1ccc(CC(O)C2CN(C)CCO2)n1. The Morgan fingerprint density at radius 3 is 2.94 bits per heavy atom. The molecule has 0 aliphatic carbocycles. The Labute approximate surface area is 108 Å². The van der Waals surface area contributed by atoms with E-state index in [-0.39, 0.29) is 6.10 Å². The molecule has 102 valence electrons. The molecule has 1 aliphatic rings. The van der Waals surface area contributed by atoms with Crippen molar-refractivity contribution in [3.63, 3.8) is 0 Å². The van der Waals surface area contributed by atoms with Crippen LogP contribution in [0.1, 0.15) is 25.6 Å². The summed E-state index contributed by atoms with van der Waals surface area (Å²) < 4.78 is 7.52. The van der Waals surface area contributed by atoms with E-state index in [0.29, 0.717) is 19.1 Å². The summed E-state index contributed by atoms with van der Waals surface area (Å²) in [6, 6.07) is 2.32. The summed E-state index contributed by atoms with van der Waals surface area (Å²) in [4.78, 5) is 2.18. The molecule has 2 rings (SSSR count). The molecule has 1 fully saturated rings. The van der Waals surface area contributed by atoms with Crippen molar-refractivity contribution >= 4 is 0 Å². The highest BCUT2D eigenvalue weighted by atomic mass is 16.5. The average molecular weight is 253 g/mol. The Hall–Kier alpha value is -0.910. The first-order valence-electron chi connectivity index (χ1n) is 6.58. The van der Waals surface area contributed by atoms with Crippen molar-refractivity contribution in [3.8, 4) is 0 Å². The van der Waals surface area contributed by atoms with Gasteiger partial charge in [-0.2, -0.15) is 5.10 Å².